The van der Waals surface area contributed by atoms with E-state index in [1.165, 1.54) is 0 Å². The number of aromatic nitrogens is 1. The highest BCUT2D eigenvalue weighted by Gasteiger charge is 2.18. The van der Waals surface area contributed by atoms with Gasteiger partial charge in [-0.05, 0) is 37.6 Å². The van der Waals surface area contributed by atoms with Crippen LogP contribution in [0, 0.1) is 6.92 Å². The number of ketones is 1. The van der Waals surface area contributed by atoms with E-state index >= 15 is 0 Å². The summed E-state index contributed by atoms with van der Waals surface area (Å²) in [5, 5.41) is 0. The van der Waals surface area contributed by atoms with E-state index in [1.807, 2.05) is 37.3 Å². The summed E-state index contributed by atoms with van der Waals surface area (Å²) in [6.07, 6.45) is 1.66. The molecule has 2 aromatic heterocycles. The summed E-state index contributed by atoms with van der Waals surface area (Å²) >= 11 is 0. The van der Waals surface area contributed by atoms with Gasteiger partial charge in [-0.15, -0.1) is 0 Å². The van der Waals surface area contributed by atoms with Gasteiger partial charge in [0, 0.05) is 17.3 Å². The summed E-state index contributed by atoms with van der Waals surface area (Å²) in [6.45, 7) is 3.98. The third-order valence-electron chi connectivity index (χ3n) is 3.72. The van der Waals surface area contributed by atoms with E-state index in [4.69, 9.17) is 4.74 Å². The number of esters is 1. The number of nitrogens with zero attached hydrogens (tertiary/aromatic N) is 1. The van der Waals surface area contributed by atoms with Gasteiger partial charge in [-0.25, -0.2) is 4.79 Å². The molecule has 3 aromatic rings. The molecule has 0 radical (unpaired) electrons. The Kier molecular flexibility index (Phi) is 3.98. The Hall–Kier alpha value is -2.88. The number of hydrogen-bond acceptors (Lipinski definition) is 3. The minimum atomic E-state index is -0.390. The molecule has 4 heteroatoms. The van der Waals surface area contributed by atoms with Crippen molar-refractivity contribution >= 4 is 17.3 Å². The van der Waals surface area contributed by atoms with Gasteiger partial charge in [-0.1, -0.05) is 30.3 Å². The molecule has 0 aliphatic carbocycles. The number of hydrogen-bond donors (Lipinski definition) is 0. The molecule has 116 valence electrons. The molecule has 0 N–H and O–H groups in total. The third-order valence-corrected chi connectivity index (χ3v) is 3.72. The van der Waals surface area contributed by atoms with E-state index in [0.29, 0.717) is 23.4 Å². The van der Waals surface area contributed by atoms with Crippen LogP contribution in [-0.4, -0.2) is 22.8 Å². The van der Waals surface area contributed by atoms with Crippen molar-refractivity contribution < 1.29 is 14.3 Å². The van der Waals surface area contributed by atoms with Gasteiger partial charge >= 0.3 is 5.97 Å². The lowest BCUT2D eigenvalue weighted by molar-refractivity contribution is 0.0525. The van der Waals surface area contributed by atoms with Gasteiger partial charge < -0.3 is 9.14 Å². The Bertz CT molecular complexity index is 878. The number of rotatable bonds is 4. The standard InChI is InChI=1S/C19H17NO3/c1-3-23-19(22)15-9-10-16-11-13(2)17(20(16)12-15)18(21)14-7-5-4-6-8-14/h4-12H,3H2,1-2H3. The van der Waals surface area contributed by atoms with E-state index in [1.54, 1.807) is 35.7 Å². The molecule has 0 amide bonds. The van der Waals surface area contributed by atoms with Gasteiger partial charge in [0.2, 0.25) is 5.78 Å². The lowest BCUT2D eigenvalue weighted by Gasteiger charge is -2.07. The van der Waals surface area contributed by atoms with Gasteiger partial charge in [-0.2, -0.15) is 0 Å². The Morgan fingerprint density at radius 1 is 1.04 bits per heavy atom. The molecule has 0 atom stereocenters. The number of ether oxygens (including phenoxy) is 1. The highest BCUT2D eigenvalue weighted by atomic mass is 16.5. The van der Waals surface area contributed by atoms with Crippen LogP contribution in [0.5, 0.6) is 0 Å². The van der Waals surface area contributed by atoms with Gasteiger partial charge in [0.05, 0.1) is 17.9 Å². The second kappa shape index (κ2) is 6.08. The van der Waals surface area contributed by atoms with Crippen molar-refractivity contribution in [3.8, 4) is 0 Å². The molecular formula is C19H17NO3. The normalized spacial score (nSPS) is 10.7. The van der Waals surface area contributed by atoms with Crippen LogP contribution in [0.1, 0.15) is 38.9 Å². The Labute approximate surface area is 134 Å². The lowest BCUT2D eigenvalue weighted by atomic mass is 10.1. The Balaban J connectivity index is 2.12. The first kappa shape index (κ1) is 15.0. The fourth-order valence-electron chi connectivity index (χ4n) is 2.65. The molecule has 4 nitrogen and oxygen atoms in total. The summed E-state index contributed by atoms with van der Waals surface area (Å²) in [7, 11) is 0. The zero-order valence-electron chi connectivity index (χ0n) is 13.1. The predicted molar refractivity (Wildman–Crippen MR) is 88.0 cm³/mol. The topological polar surface area (TPSA) is 47.8 Å². The van der Waals surface area contributed by atoms with Gasteiger partial charge in [-0.3, -0.25) is 4.79 Å². The van der Waals surface area contributed by atoms with Crippen LogP contribution in [-0.2, 0) is 4.74 Å². The quantitative estimate of drug-likeness (QED) is 0.546. The minimum Gasteiger partial charge on any atom is -0.462 e. The average molecular weight is 307 g/mol. The Morgan fingerprint density at radius 3 is 2.48 bits per heavy atom. The van der Waals surface area contributed by atoms with Crippen molar-refractivity contribution in [3.05, 3.63) is 77.1 Å². The minimum absolute atomic E-state index is 0.0656. The van der Waals surface area contributed by atoms with Crippen molar-refractivity contribution in [1.29, 1.82) is 0 Å². The number of carbonyl (C=O) groups is 2. The monoisotopic (exact) mass is 307 g/mol. The molecule has 0 bridgehead atoms. The van der Waals surface area contributed by atoms with Crippen LogP contribution in [0.15, 0.2) is 54.7 Å². The molecule has 0 spiro atoms. The molecule has 0 fully saturated rings. The lowest BCUT2D eigenvalue weighted by Crippen LogP contribution is -2.09. The van der Waals surface area contributed by atoms with Crippen LogP contribution >= 0.6 is 0 Å². The second-order valence-corrected chi connectivity index (χ2v) is 5.30. The molecular weight excluding hydrogens is 290 g/mol. The zero-order chi connectivity index (χ0) is 16.4. The zero-order valence-corrected chi connectivity index (χ0v) is 13.1. The van der Waals surface area contributed by atoms with Crippen LogP contribution in [0.4, 0.5) is 0 Å². The molecule has 0 unspecified atom stereocenters. The predicted octanol–water partition coefficient (Wildman–Crippen LogP) is 3.66. The Morgan fingerprint density at radius 2 is 1.78 bits per heavy atom. The first-order chi connectivity index (χ1) is 11.1. The van der Waals surface area contributed by atoms with Crippen LogP contribution in [0.3, 0.4) is 0 Å². The molecule has 2 heterocycles. The maximum Gasteiger partial charge on any atom is 0.339 e. The van der Waals surface area contributed by atoms with Crippen LogP contribution < -0.4 is 0 Å². The molecule has 0 saturated heterocycles. The summed E-state index contributed by atoms with van der Waals surface area (Å²) < 4.78 is 6.79. The second-order valence-electron chi connectivity index (χ2n) is 5.30. The van der Waals surface area contributed by atoms with E-state index < -0.39 is 0 Å². The van der Waals surface area contributed by atoms with Crippen LogP contribution in [0.25, 0.3) is 5.52 Å². The first-order valence-electron chi connectivity index (χ1n) is 7.50. The van der Waals surface area contributed by atoms with E-state index in [2.05, 4.69) is 0 Å². The number of carbonyl (C=O) groups excluding carboxylic acids is 2. The summed E-state index contributed by atoms with van der Waals surface area (Å²) in [5.74, 6) is -0.456. The molecule has 1 aromatic carbocycles. The highest BCUT2D eigenvalue weighted by molar-refractivity contribution is 6.09. The van der Waals surface area contributed by atoms with Crippen molar-refractivity contribution in [2.45, 2.75) is 13.8 Å². The molecule has 23 heavy (non-hydrogen) atoms. The maximum atomic E-state index is 12.8. The van der Waals surface area contributed by atoms with E-state index in [-0.39, 0.29) is 11.8 Å². The van der Waals surface area contributed by atoms with Gasteiger partial charge in [0.1, 0.15) is 0 Å². The maximum absolute atomic E-state index is 12.8. The van der Waals surface area contributed by atoms with Crippen molar-refractivity contribution in [3.63, 3.8) is 0 Å². The number of benzene rings is 1. The SMILES string of the molecule is CCOC(=O)c1ccc2cc(C)c(C(=O)c3ccccc3)n2c1. The van der Waals surface area contributed by atoms with Gasteiger partial charge in [0.15, 0.2) is 0 Å². The van der Waals surface area contributed by atoms with Crippen molar-refractivity contribution in [2.24, 2.45) is 0 Å². The fraction of sp³-hybridized carbons (Fsp3) is 0.158. The van der Waals surface area contributed by atoms with Crippen molar-refractivity contribution in [2.75, 3.05) is 6.61 Å². The van der Waals surface area contributed by atoms with Crippen molar-refractivity contribution in [1.82, 2.24) is 4.40 Å². The molecule has 3 rings (SSSR count). The number of aryl methyl sites for hydroxylation is 1. The highest BCUT2D eigenvalue weighted by Crippen LogP contribution is 2.21. The summed E-state index contributed by atoms with van der Waals surface area (Å²) in [5.41, 5.74) is 3.36. The van der Waals surface area contributed by atoms with Gasteiger partial charge in [0.25, 0.3) is 0 Å². The fourth-order valence-corrected chi connectivity index (χ4v) is 2.65. The molecule has 0 saturated carbocycles. The molecule has 0 aliphatic heterocycles. The van der Waals surface area contributed by atoms with E-state index in [0.717, 1.165) is 11.1 Å². The molecule has 0 aliphatic rings. The third kappa shape index (κ3) is 2.75. The van der Waals surface area contributed by atoms with Crippen LogP contribution in [0.2, 0.25) is 0 Å². The summed E-state index contributed by atoms with van der Waals surface area (Å²) in [4.78, 5) is 24.7. The van der Waals surface area contributed by atoms with E-state index in [9.17, 15) is 9.59 Å². The average Bonchev–Trinajstić information content (AvgIpc) is 2.90. The summed E-state index contributed by atoms with van der Waals surface area (Å²) in [6, 6.07) is 14.6. The largest absolute Gasteiger partial charge is 0.462 e. The smallest absolute Gasteiger partial charge is 0.339 e. The number of fused-ring (bicyclic) bond motifs is 1. The number of pyridine rings is 1. The first-order valence-corrected chi connectivity index (χ1v) is 7.50.